The molecule has 7 heteroatoms. The van der Waals surface area contributed by atoms with E-state index in [-0.39, 0.29) is 17.9 Å². The van der Waals surface area contributed by atoms with Crippen LogP contribution in [0.2, 0.25) is 0 Å². The van der Waals surface area contributed by atoms with Gasteiger partial charge in [-0.15, -0.1) is 0 Å². The predicted octanol–water partition coefficient (Wildman–Crippen LogP) is 2.97. The molecule has 0 bridgehead atoms. The number of piperazine rings is 1. The second-order valence-electron chi connectivity index (χ2n) is 8.05. The Morgan fingerprint density at radius 2 is 1.77 bits per heavy atom. The first-order chi connectivity index (χ1) is 15.1. The number of methoxy groups -OCH3 is 1. The number of benzene rings is 2. The summed E-state index contributed by atoms with van der Waals surface area (Å²) in [7, 11) is 1.60. The molecule has 2 aliphatic rings. The largest absolute Gasteiger partial charge is 0.494 e. The zero-order valence-corrected chi connectivity index (χ0v) is 18.2. The lowest BCUT2D eigenvalue weighted by Gasteiger charge is -2.37. The Bertz CT molecular complexity index is 926. The van der Waals surface area contributed by atoms with Crippen molar-refractivity contribution >= 4 is 28.9 Å². The smallest absolute Gasteiger partial charge is 0.244 e. The summed E-state index contributed by atoms with van der Waals surface area (Å²) in [5.74, 6) is 0.846. The van der Waals surface area contributed by atoms with Crippen LogP contribution < -0.4 is 19.9 Å². The van der Waals surface area contributed by atoms with Crippen LogP contribution in [0.1, 0.15) is 19.8 Å². The number of nitrogens with one attached hydrogen (secondary N) is 1. The molecule has 2 aromatic rings. The molecule has 2 aromatic carbocycles. The van der Waals surface area contributed by atoms with E-state index in [2.05, 4.69) is 22.3 Å². The fourth-order valence-electron chi connectivity index (χ4n) is 4.30. The number of rotatable bonds is 6. The van der Waals surface area contributed by atoms with Gasteiger partial charge in [0.05, 0.1) is 12.8 Å². The zero-order chi connectivity index (χ0) is 21.8. The molecule has 0 saturated carbocycles. The minimum Gasteiger partial charge on any atom is -0.494 e. The Labute approximate surface area is 183 Å². The van der Waals surface area contributed by atoms with E-state index in [1.54, 1.807) is 12.0 Å². The maximum absolute atomic E-state index is 13.0. The van der Waals surface area contributed by atoms with E-state index in [0.29, 0.717) is 31.8 Å². The molecule has 1 unspecified atom stereocenters. The zero-order valence-electron chi connectivity index (χ0n) is 18.2. The third-order valence-corrected chi connectivity index (χ3v) is 6.01. The highest BCUT2D eigenvalue weighted by atomic mass is 16.5. The molecular formula is C24H30N4O3. The third kappa shape index (κ3) is 4.60. The van der Waals surface area contributed by atoms with Gasteiger partial charge in [-0.2, -0.15) is 0 Å². The van der Waals surface area contributed by atoms with Gasteiger partial charge in [-0.1, -0.05) is 18.2 Å². The van der Waals surface area contributed by atoms with Crippen LogP contribution in [0.5, 0.6) is 5.75 Å². The van der Waals surface area contributed by atoms with Crippen LogP contribution in [-0.4, -0.2) is 62.6 Å². The lowest BCUT2D eigenvalue weighted by molar-refractivity contribution is -0.132. The fourth-order valence-corrected chi connectivity index (χ4v) is 4.30. The van der Waals surface area contributed by atoms with Crippen LogP contribution in [0.25, 0.3) is 0 Å². The maximum atomic E-state index is 13.0. The summed E-state index contributed by atoms with van der Waals surface area (Å²) in [6.07, 6.45) is 1.44. The molecule has 2 heterocycles. The van der Waals surface area contributed by atoms with Gasteiger partial charge in [0.2, 0.25) is 11.8 Å². The minimum absolute atomic E-state index is 0.0884. The van der Waals surface area contributed by atoms with E-state index in [9.17, 15) is 9.59 Å². The van der Waals surface area contributed by atoms with Gasteiger partial charge in [0.25, 0.3) is 0 Å². The molecular weight excluding hydrogens is 392 g/mol. The molecule has 2 amide bonds. The Morgan fingerprint density at radius 1 is 1.03 bits per heavy atom. The van der Waals surface area contributed by atoms with Gasteiger partial charge in [0.15, 0.2) is 0 Å². The van der Waals surface area contributed by atoms with Crippen LogP contribution in [0.3, 0.4) is 0 Å². The number of hydrogen-bond acceptors (Lipinski definition) is 5. The average molecular weight is 423 g/mol. The van der Waals surface area contributed by atoms with Gasteiger partial charge >= 0.3 is 0 Å². The van der Waals surface area contributed by atoms with Crippen LogP contribution >= 0.6 is 0 Å². The molecule has 2 fully saturated rings. The van der Waals surface area contributed by atoms with Gasteiger partial charge in [-0.3, -0.25) is 9.59 Å². The Morgan fingerprint density at radius 3 is 2.42 bits per heavy atom. The van der Waals surface area contributed by atoms with Crippen molar-refractivity contribution in [3.63, 3.8) is 0 Å². The van der Waals surface area contributed by atoms with E-state index in [1.807, 2.05) is 48.2 Å². The van der Waals surface area contributed by atoms with Crippen LogP contribution in [0.15, 0.2) is 48.5 Å². The molecule has 0 radical (unpaired) electrons. The van der Waals surface area contributed by atoms with E-state index >= 15 is 0 Å². The van der Waals surface area contributed by atoms with Crippen molar-refractivity contribution in [2.45, 2.75) is 25.8 Å². The highest BCUT2D eigenvalue weighted by molar-refractivity contribution is 5.97. The van der Waals surface area contributed by atoms with Crippen molar-refractivity contribution in [2.75, 3.05) is 55.0 Å². The normalized spacial score (nSPS) is 17.6. The summed E-state index contributed by atoms with van der Waals surface area (Å²) in [5.41, 5.74) is 2.78. The van der Waals surface area contributed by atoms with Crippen molar-refractivity contribution in [2.24, 2.45) is 0 Å². The van der Waals surface area contributed by atoms with Gasteiger partial charge in [-0.05, 0) is 37.6 Å². The van der Waals surface area contributed by atoms with E-state index in [4.69, 9.17) is 4.74 Å². The summed E-state index contributed by atoms with van der Waals surface area (Å²) in [4.78, 5) is 31.1. The third-order valence-electron chi connectivity index (χ3n) is 6.01. The topological polar surface area (TPSA) is 65.1 Å². The number of hydrogen-bond donors (Lipinski definition) is 1. The SMILES string of the molecule is COc1cc(NC(C)C(=O)N2CCN(c3ccccc3)CC2)ccc1N1CCCC1=O. The van der Waals surface area contributed by atoms with Crippen LogP contribution in [0.4, 0.5) is 17.1 Å². The minimum atomic E-state index is -0.354. The lowest BCUT2D eigenvalue weighted by atomic mass is 10.2. The van der Waals surface area contributed by atoms with Crippen molar-refractivity contribution in [1.29, 1.82) is 0 Å². The maximum Gasteiger partial charge on any atom is 0.244 e. The Kier molecular flexibility index (Phi) is 6.30. The van der Waals surface area contributed by atoms with Crippen molar-refractivity contribution in [3.8, 4) is 5.75 Å². The number of ether oxygens (including phenoxy) is 1. The molecule has 1 atom stereocenters. The highest BCUT2D eigenvalue weighted by Gasteiger charge is 2.27. The molecule has 164 valence electrons. The molecule has 31 heavy (non-hydrogen) atoms. The average Bonchev–Trinajstić information content (AvgIpc) is 3.24. The monoisotopic (exact) mass is 422 g/mol. The first-order valence-corrected chi connectivity index (χ1v) is 10.9. The summed E-state index contributed by atoms with van der Waals surface area (Å²) >= 11 is 0. The summed E-state index contributed by atoms with van der Waals surface area (Å²) < 4.78 is 5.52. The first-order valence-electron chi connectivity index (χ1n) is 10.9. The highest BCUT2D eigenvalue weighted by Crippen LogP contribution is 2.34. The summed E-state index contributed by atoms with van der Waals surface area (Å²) in [5, 5.41) is 3.30. The number of amides is 2. The number of carbonyl (C=O) groups excluding carboxylic acids is 2. The number of nitrogens with zero attached hydrogens (tertiary/aromatic N) is 3. The van der Waals surface area contributed by atoms with E-state index in [0.717, 1.165) is 30.9 Å². The Hall–Kier alpha value is -3.22. The molecule has 2 aliphatic heterocycles. The van der Waals surface area contributed by atoms with Crippen molar-refractivity contribution in [1.82, 2.24) is 4.90 Å². The number of carbonyl (C=O) groups is 2. The second kappa shape index (κ2) is 9.29. The van der Waals surface area contributed by atoms with Crippen molar-refractivity contribution in [3.05, 3.63) is 48.5 Å². The predicted molar refractivity (Wildman–Crippen MR) is 123 cm³/mol. The quantitative estimate of drug-likeness (QED) is 0.775. The molecule has 4 rings (SSSR count). The number of anilines is 3. The molecule has 7 nitrogen and oxygen atoms in total. The van der Waals surface area contributed by atoms with Gasteiger partial charge in [0.1, 0.15) is 11.8 Å². The molecule has 0 spiro atoms. The second-order valence-corrected chi connectivity index (χ2v) is 8.05. The van der Waals surface area contributed by atoms with Gasteiger partial charge < -0.3 is 24.8 Å². The summed E-state index contributed by atoms with van der Waals surface area (Å²) in [6.45, 7) is 5.67. The molecule has 0 aromatic heterocycles. The van der Waals surface area contributed by atoms with E-state index in [1.165, 1.54) is 5.69 Å². The fraction of sp³-hybridized carbons (Fsp3) is 0.417. The van der Waals surface area contributed by atoms with Crippen LogP contribution in [-0.2, 0) is 9.59 Å². The summed E-state index contributed by atoms with van der Waals surface area (Å²) in [6, 6.07) is 15.6. The van der Waals surface area contributed by atoms with E-state index < -0.39 is 0 Å². The first kappa shape index (κ1) is 21.0. The Balaban J connectivity index is 1.36. The lowest BCUT2D eigenvalue weighted by Crippen LogP contribution is -2.52. The van der Waals surface area contributed by atoms with Crippen LogP contribution in [0, 0.1) is 0 Å². The number of para-hydroxylation sites is 1. The van der Waals surface area contributed by atoms with Crippen molar-refractivity contribution < 1.29 is 14.3 Å². The molecule has 1 N–H and O–H groups in total. The molecule has 0 aliphatic carbocycles. The van der Waals surface area contributed by atoms with Gasteiger partial charge in [0, 0.05) is 56.6 Å². The van der Waals surface area contributed by atoms with Gasteiger partial charge in [-0.25, -0.2) is 0 Å². The standard InChI is InChI=1S/C24H30N4O3/c1-18(24(30)27-15-13-26(14-16-27)20-7-4-3-5-8-20)25-19-10-11-21(22(17-19)31-2)28-12-6-9-23(28)29/h3-5,7-8,10-11,17-18,25H,6,9,12-16H2,1-2H3. The molecule has 2 saturated heterocycles.